The lowest BCUT2D eigenvalue weighted by Gasteiger charge is -2.05. The fraction of sp³-hybridized carbons (Fsp3) is 0.0588. The number of rotatable bonds is 4. The summed E-state index contributed by atoms with van der Waals surface area (Å²) < 4.78 is 5.24. The molecule has 0 radical (unpaired) electrons. The summed E-state index contributed by atoms with van der Waals surface area (Å²) in [5, 5.41) is 8.54. The van der Waals surface area contributed by atoms with Gasteiger partial charge in [0.2, 0.25) is 0 Å². The van der Waals surface area contributed by atoms with Gasteiger partial charge in [-0.05, 0) is 42.8 Å². The quantitative estimate of drug-likeness (QED) is 0.531. The lowest BCUT2D eigenvalue weighted by Crippen LogP contribution is -2.08. The number of esters is 1. The second-order valence-corrected chi connectivity index (χ2v) is 4.50. The second-order valence-electron chi connectivity index (χ2n) is 4.50. The minimum Gasteiger partial charge on any atom is -0.478 e. The molecule has 0 aliphatic heterocycles. The first kappa shape index (κ1) is 14.5. The number of aryl methyl sites for hydroxylation is 1. The van der Waals surface area contributed by atoms with Crippen LogP contribution in [0, 0.1) is 6.92 Å². The van der Waals surface area contributed by atoms with Crippen LogP contribution < -0.4 is 4.74 Å². The molecule has 0 fully saturated rings. The van der Waals surface area contributed by atoms with E-state index in [9.17, 15) is 9.59 Å². The van der Waals surface area contributed by atoms with Crippen LogP contribution in [0.5, 0.6) is 5.75 Å². The highest BCUT2D eigenvalue weighted by Crippen LogP contribution is 2.14. The third-order valence-electron chi connectivity index (χ3n) is 2.80. The van der Waals surface area contributed by atoms with E-state index in [2.05, 4.69) is 0 Å². The van der Waals surface area contributed by atoms with Crippen LogP contribution in [0.4, 0.5) is 0 Å². The van der Waals surface area contributed by atoms with Crippen molar-refractivity contribution >= 4 is 18.0 Å². The fourth-order valence-electron chi connectivity index (χ4n) is 1.67. The Morgan fingerprint density at radius 1 is 1.00 bits per heavy atom. The molecule has 2 aromatic rings. The standard InChI is InChI=1S/C17H14O4/c1-12-2-9-15(10-3-12)21-17(20)14-7-4-13(5-8-14)6-11-16(18)19/h2-11H,1H3,(H,18,19)/b11-6+. The maximum atomic E-state index is 11.9. The highest BCUT2D eigenvalue weighted by atomic mass is 16.5. The number of carbonyl (C=O) groups is 2. The average Bonchev–Trinajstić information content (AvgIpc) is 2.48. The van der Waals surface area contributed by atoms with Gasteiger partial charge in [-0.3, -0.25) is 0 Å². The first-order valence-electron chi connectivity index (χ1n) is 6.34. The molecule has 4 heteroatoms. The first-order chi connectivity index (χ1) is 10.0. The number of ether oxygens (including phenoxy) is 1. The maximum Gasteiger partial charge on any atom is 0.343 e. The summed E-state index contributed by atoms with van der Waals surface area (Å²) >= 11 is 0. The molecule has 0 saturated carbocycles. The van der Waals surface area contributed by atoms with Crippen molar-refractivity contribution in [3.8, 4) is 5.75 Å². The van der Waals surface area contributed by atoms with Gasteiger partial charge >= 0.3 is 11.9 Å². The Morgan fingerprint density at radius 2 is 1.62 bits per heavy atom. The molecule has 0 aromatic heterocycles. The zero-order valence-corrected chi connectivity index (χ0v) is 11.4. The van der Waals surface area contributed by atoms with Gasteiger partial charge in [0, 0.05) is 6.08 Å². The molecule has 0 heterocycles. The Bertz CT molecular complexity index is 667. The third kappa shape index (κ3) is 4.31. The van der Waals surface area contributed by atoms with Gasteiger partial charge < -0.3 is 9.84 Å². The van der Waals surface area contributed by atoms with Crippen LogP contribution in [0.25, 0.3) is 6.08 Å². The average molecular weight is 282 g/mol. The largest absolute Gasteiger partial charge is 0.478 e. The normalized spacial score (nSPS) is 10.5. The molecule has 0 atom stereocenters. The molecular weight excluding hydrogens is 268 g/mol. The van der Waals surface area contributed by atoms with E-state index in [-0.39, 0.29) is 0 Å². The van der Waals surface area contributed by atoms with E-state index >= 15 is 0 Å². The molecule has 0 bridgehead atoms. The SMILES string of the molecule is Cc1ccc(OC(=O)c2ccc(/C=C/C(=O)O)cc2)cc1. The van der Waals surface area contributed by atoms with Crippen molar-refractivity contribution in [1.82, 2.24) is 0 Å². The minimum atomic E-state index is -1.02. The van der Waals surface area contributed by atoms with Crippen LogP contribution in [0.3, 0.4) is 0 Å². The maximum absolute atomic E-state index is 11.9. The molecule has 0 aliphatic rings. The summed E-state index contributed by atoms with van der Waals surface area (Å²) in [6.07, 6.45) is 2.50. The van der Waals surface area contributed by atoms with Crippen molar-refractivity contribution in [2.75, 3.05) is 0 Å². The van der Waals surface area contributed by atoms with E-state index in [1.165, 1.54) is 6.08 Å². The van der Waals surface area contributed by atoms with Crippen LogP contribution in [0.2, 0.25) is 0 Å². The predicted molar refractivity (Wildman–Crippen MR) is 79.2 cm³/mol. The summed E-state index contributed by atoms with van der Waals surface area (Å²) in [5.41, 5.74) is 2.19. The van der Waals surface area contributed by atoms with Crippen molar-refractivity contribution in [3.05, 3.63) is 71.3 Å². The highest BCUT2D eigenvalue weighted by molar-refractivity contribution is 5.91. The molecule has 2 rings (SSSR count). The number of carbonyl (C=O) groups excluding carboxylic acids is 1. The Balaban J connectivity index is 2.06. The zero-order valence-electron chi connectivity index (χ0n) is 11.4. The molecule has 1 N–H and O–H groups in total. The summed E-state index contributed by atoms with van der Waals surface area (Å²) in [7, 11) is 0. The summed E-state index contributed by atoms with van der Waals surface area (Å²) in [6, 6.07) is 13.7. The molecule has 2 aromatic carbocycles. The van der Waals surface area contributed by atoms with E-state index in [1.807, 2.05) is 19.1 Å². The highest BCUT2D eigenvalue weighted by Gasteiger charge is 2.07. The van der Waals surface area contributed by atoms with Crippen LogP contribution in [0.1, 0.15) is 21.5 Å². The minimum absolute atomic E-state index is 0.406. The number of carboxylic acids is 1. The Hall–Kier alpha value is -2.88. The Kier molecular flexibility index (Phi) is 4.51. The lowest BCUT2D eigenvalue weighted by molar-refractivity contribution is -0.131. The number of benzene rings is 2. The molecule has 0 amide bonds. The topological polar surface area (TPSA) is 63.6 Å². The molecule has 106 valence electrons. The van der Waals surface area contributed by atoms with Gasteiger partial charge in [-0.25, -0.2) is 9.59 Å². The Morgan fingerprint density at radius 3 is 2.19 bits per heavy atom. The summed E-state index contributed by atoms with van der Waals surface area (Å²) in [6.45, 7) is 1.95. The summed E-state index contributed by atoms with van der Waals surface area (Å²) in [5.74, 6) is -0.981. The Labute approximate surface area is 122 Å². The van der Waals surface area contributed by atoms with Gasteiger partial charge in [-0.1, -0.05) is 29.8 Å². The number of aliphatic carboxylic acids is 1. The van der Waals surface area contributed by atoms with Crippen LogP contribution in [-0.4, -0.2) is 17.0 Å². The van der Waals surface area contributed by atoms with Gasteiger partial charge in [0.15, 0.2) is 0 Å². The van der Waals surface area contributed by atoms with E-state index in [0.717, 1.165) is 11.6 Å². The van der Waals surface area contributed by atoms with Crippen molar-refractivity contribution in [2.24, 2.45) is 0 Å². The predicted octanol–water partition coefficient (Wildman–Crippen LogP) is 3.31. The first-order valence-corrected chi connectivity index (χ1v) is 6.34. The van der Waals surface area contributed by atoms with Crippen LogP contribution in [-0.2, 0) is 4.79 Å². The van der Waals surface area contributed by atoms with Crippen LogP contribution in [0.15, 0.2) is 54.6 Å². The molecule has 0 unspecified atom stereocenters. The smallest absolute Gasteiger partial charge is 0.343 e. The molecule has 0 saturated heterocycles. The van der Waals surface area contributed by atoms with Gasteiger partial charge in [-0.2, -0.15) is 0 Å². The zero-order chi connectivity index (χ0) is 15.2. The van der Waals surface area contributed by atoms with Crippen molar-refractivity contribution in [1.29, 1.82) is 0 Å². The second kappa shape index (κ2) is 6.52. The molecular formula is C17H14O4. The third-order valence-corrected chi connectivity index (χ3v) is 2.80. The number of hydrogen-bond donors (Lipinski definition) is 1. The molecule has 4 nitrogen and oxygen atoms in total. The molecule has 21 heavy (non-hydrogen) atoms. The van der Waals surface area contributed by atoms with Gasteiger partial charge in [0.1, 0.15) is 5.75 Å². The van der Waals surface area contributed by atoms with Crippen LogP contribution >= 0.6 is 0 Å². The van der Waals surface area contributed by atoms with E-state index in [0.29, 0.717) is 16.9 Å². The van der Waals surface area contributed by atoms with Crippen molar-refractivity contribution in [3.63, 3.8) is 0 Å². The molecule has 0 aliphatic carbocycles. The van der Waals surface area contributed by atoms with Gasteiger partial charge in [0.05, 0.1) is 5.56 Å². The van der Waals surface area contributed by atoms with E-state index < -0.39 is 11.9 Å². The van der Waals surface area contributed by atoms with E-state index in [1.54, 1.807) is 36.4 Å². The van der Waals surface area contributed by atoms with Gasteiger partial charge in [0.25, 0.3) is 0 Å². The van der Waals surface area contributed by atoms with Crippen molar-refractivity contribution in [2.45, 2.75) is 6.92 Å². The molecule has 0 spiro atoms. The summed E-state index contributed by atoms with van der Waals surface area (Å²) in [4.78, 5) is 22.4. The monoisotopic (exact) mass is 282 g/mol. The van der Waals surface area contributed by atoms with Gasteiger partial charge in [-0.15, -0.1) is 0 Å². The lowest BCUT2D eigenvalue weighted by atomic mass is 10.1. The number of carboxylic acid groups (broad SMARTS) is 1. The van der Waals surface area contributed by atoms with E-state index in [4.69, 9.17) is 9.84 Å². The number of hydrogen-bond acceptors (Lipinski definition) is 3. The van der Waals surface area contributed by atoms with Crippen molar-refractivity contribution < 1.29 is 19.4 Å². The fourth-order valence-corrected chi connectivity index (χ4v) is 1.67.